The van der Waals surface area contributed by atoms with Crippen LogP contribution in [0.1, 0.15) is 12.0 Å². The Labute approximate surface area is 193 Å². The minimum absolute atomic E-state index is 0.00194. The number of methoxy groups -OCH3 is 1. The van der Waals surface area contributed by atoms with Gasteiger partial charge in [-0.05, 0) is 36.8 Å². The molecule has 12 heteroatoms. The molecule has 1 fully saturated rings. The maximum absolute atomic E-state index is 12.8. The highest BCUT2D eigenvalue weighted by Crippen LogP contribution is 2.33. The Morgan fingerprint density at radius 2 is 1.88 bits per heavy atom. The first-order chi connectivity index (χ1) is 15.7. The normalized spacial score (nSPS) is 15.0. The highest BCUT2D eigenvalue weighted by atomic mass is 35.5. The summed E-state index contributed by atoms with van der Waals surface area (Å²) in [6.07, 6.45) is -3.11. The van der Waals surface area contributed by atoms with Gasteiger partial charge in [-0.2, -0.15) is 13.2 Å². The maximum Gasteiger partial charge on any atom is 0.417 e. The van der Waals surface area contributed by atoms with Gasteiger partial charge in [0.1, 0.15) is 11.6 Å². The quantitative estimate of drug-likeness (QED) is 0.672. The summed E-state index contributed by atoms with van der Waals surface area (Å²) < 4.78 is 43.5. The van der Waals surface area contributed by atoms with Crippen molar-refractivity contribution in [2.24, 2.45) is 0 Å². The topological polar surface area (TPSA) is 86.8 Å². The second-order valence-electron chi connectivity index (χ2n) is 7.37. The molecule has 0 saturated carbocycles. The molecular formula is C21H23ClF3N5O3. The van der Waals surface area contributed by atoms with Crippen molar-refractivity contribution in [3.8, 4) is 5.75 Å². The van der Waals surface area contributed by atoms with Gasteiger partial charge < -0.3 is 15.0 Å². The maximum atomic E-state index is 12.8. The van der Waals surface area contributed by atoms with Crippen LogP contribution in [0.15, 0.2) is 36.5 Å². The van der Waals surface area contributed by atoms with E-state index < -0.39 is 23.7 Å². The van der Waals surface area contributed by atoms with Crippen molar-refractivity contribution < 1.29 is 27.5 Å². The summed E-state index contributed by atoms with van der Waals surface area (Å²) in [5.41, 5.74) is -0.398. The van der Waals surface area contributed by atoms with Crippen molar-refractivity contribution in [2.75, 3.05) is 50.1 Å². The predicted molar refractivity (Wildman–Crippen MR) is 118 cm³/mol. The first kappa shape index (κ1) is 24.6. The van der Waals surface area contributed by atoms with Gasteiger partial charge in [0.25, 0.3) is 0 Å². The molecule has 3 amide bonds. The van der Waals surface area contributed by atoms with Crippen LogP contribution in [0.5, 0.6) is 5.75 Å². The number of nitrogens with zero attached hydrogens (tertiary/aromatic N) is 3. The largest absolute Gasteiger partial charge is 0.497 e. The van der Waals surface area contributed by atoms with Crippen LogP contribution in [0.3, 0.4) is 0 Å². The van der Waals surface area contributed by atoms with Gasteiger partial charge in [0.15, 0.2) is 0 Å². The molecule has 2 N–H and O–H groups in total. The van der Waals surface area contributed by atoms with Gasteiger partial charge in [-0.15, -0.1) is 0 Å². The third-order valence-electron chi connectivity index (χ3n) is 5.01. The molecule has 1 saturated heterocycles. The number of carbonyl (C=O) groups is 2. The molecule has 178 valence electrons. The lowest BCUT2D eigenvalue weighted by atomic mass is 10.2. The van der Waals surface area contributed by atoms with E-state index in [4.69, 9.17) is 16.3 Å². The number of imide groups is 1. The smallest absolute Gasteiger partial charge is 0.417 e. The standard InChI is InChI=1S/C21H23ClF3N5O3/c1-33-16-5-3-15(4-6-16)27-20(32)28-18(31)13-29-7-2-8-30(10-9-29)19-17(22)11-14(12-26-19)21(23,24)25/h3-6,11-12H,2,7-10,13H2,1H3,(H2,27,28,31,32). The molecule has 0 spiro atoms. The van der Waals surface area contributed by atoms with Gasteiger partial charge in [-0.25, -0.2) is 9.78 Å². The van der Waals surface area contributed by atoms with Crippen LogP contribution in [0.2, 0.25) is 5.02 Å². The number of benzene rings is 1. The number of rotatable bonds is 5. The lowest BCUT2D eigenvalue weighted by Gasteiger charge is -2.23. The number of carbonyl (C=O) groups excluding carboxylic acids is 2. The minimum atomic E-state index is -4.52. The van der Waals surface area contributed by atoms with Crippen LogP contribution < -0.4 is 20.3 Å². The van der Waals surface area contributed by atoms with E-state index >= 15 is 0 Å². The van der Waals surface area contributed by atoms with Crippen molar-refractivity contribution in [3.63, 3.8) is 0 Å². The van der Waals surface area contributed by atoms with Gasteiger partial charge in [0.2, 0.25) is 5.91 Å². The van der Waals surface area contributed by atoms with Gasteiger partial charge >= 0.3 is 12.2 Å². The molecule has 33 heavy (non-hydrogen) atoms. The fourth-order valence-corrected chi connectivity index (χ4v) is 3.65. The molecule has 1 aromatic heterocycles. The number of nitrogens with one attached hydrogen (secondary N) is 2. The summed E-state index contributed by atoms with van der Waals surface area (Å²) in [6.45, 7) is 1.96. The fraction of sp³-hybridized carbons (Fsp3) is 0.381. The molecule has 8 nitrogen and oxygen atoms in total. The molecule has 1 aromatic carbocycles. The second-order valence-corrected chi connectivity index (χ2v) is 7.78. The Morgan fingerprint density at radius 3 is 2.52 bits per heavy atom. The van der Waals surface area contributed by atoms with E-state index in [2.05, 4.69) is 15.6 Å². The Bertz CT molecular complexity index is 988. The van der Waals surface area contributed by atoms with E-state index in [1.54, 1.807) is 29.2 Å². The molecule has 0 unspecified atom stereocenters. The predicted octanol–water partition coefficient (Wildman–Crippen LogP) is 3.62. The van der Waals surface area contributed by atoms with Crippen molar-refractivity contribution in [1.29, 1.82) is 0 Å². The lowest BCUT2D eigenvalue weighted by Crippen LogP contribution is -2.43. The van der Waals surface area contributed by atoms with Crippen molar-refractivity contribution >= 4 is 35.0 Å². The minimum Gasteiger partial charge on any atom is -0.497 e. The second kappa shape index (κ2) is 10.7. The van der Waals surface area contributed by atoms with Crippen LogP contribution in [0.4, 0.5) is 29.5 Å². The van der Waals surface area contributed by atoms with Crippen molar-refractivity contribution in [1.82, 2.24) is 15.2 Å². The number of hydrogen-bond acceptors (Lipinski definition) is 6. The van der Waals surface area contributed by atoms with Gasteiger partial charge in [-0.1, -0.05) is 11.6 Å². The zero-order valence-electron chi connectivity index (χ0n) is 17.8. The molecule has 3 rings (SSSR count). The van der Waals surface area contributed by atoms with E-state index in [9.17, 15) is 22.8 Å². The van der Waals surface area contributed by atoms with Gasteiger partial charge in [-0.3, -0.25) is 15.0 Å². The monoisotopic (exact) mass is 485 g/mol. The van der Waals surface area contributed by atoms with Crippen molar-refractivity contribution in [2.45, 2.75) is 12.6 Å². The van der Waals surface area contributed by atoms with Gasteiger partial charge in [0, 0.05) is 38.1 Å². The summed E-state index contributed by atoms with van der Waals surface area (Å²) in [7, 11) is 1.53. The molecule has 2 heterocycles. The highest BCUT2D eigenvalue weighted by molar-refractivity contribution is 6.33. The molecule has 0 bridgehead atoms. The third-order valence-corrected chi connectivity index (χ3v) is 5.28. The molecule has 1 aliphatic heterocycles. The molecular weight excluding hydrogens is 463 g/mol. The summed E-state index contributed by atoms with van der Waals surface area (Å²) >= 11 is 6.05. The average molecular weight is 486 g/mol. The Kier molecular flexibility index (Phi) is 7.98. The zero-order chi connectivity index (χ0) is 24.0. The Morgan fingerprint density at radius 1 is 1.15 bits per heavy atom. The number of alkyl halides is 3. The number of pyridine rings is 1. The van der Waals surface area contributed by atoms with Crippen LogP contribution in [-0.2, 0) is 11.0 Å². The average Bonchev–Trinajstić information content (AvgIpc) is 2.98. The number of urea groups is 1. The Balaban J connectivity index is 1.50. The van der Waals surface area contributed by atoms with Crippen molar-refractivity contribution in [3.05, 3.63) is 47.1 Å². The van der Waals surface area contributed by atoms with E-state index in [-0.39, 0.29) is 17.4 Å². The SMILES string of the molecule is COc1ccc(NC(=O)NC(=O)CN2CCCN(c3ncc(C(F)(F)F)cc3Cl)CC2)cc1. The zero-order valence-corrected chi connectivity index (χ0v) is 18.5. The fourth-order valence-electron chi connectivity index (χ4n) is 3.37. The first-order valence-electron chi connectivity index (χ1n) is 10.1. The number of aromatic nitrogens is 1. The highest BCUT2D eigenvalue weighted by Gasteiger charge is 2.32. The van der Waals surface area contributed by atoms with E-state index in [1.165, 1.54) is 7.11 Å². The molecule has 0 atom stereocenters. The summed E-state index contributed by atoms with van der Waals surface area (Å²) in [5, 5.41) is 4.77. The number of ether oxygens (including phenoxy) is 1. The lowest BCUT2D eigenvalue weighted by molar-refractivity contribution is -0.137. The third kappa shape index (κ3) is 6.96. The molecule has 1 aliphatic rings. The van der Waals surface area contributed by atoms with E-state index in [0.717, 1.165) is 12.3 Å². The summed E-state index contributed by atoms with van der Waals surface area (Å²) in [4.78, 5) is 31.9. The first-order valence-corrected chi connectivity index (χ1v) is 10.5. The number of anilines is 2. The summed E-state index contributed by atoms with van der Waals surface area (Å²) in [6, 6.07) is 6.86. The molecule has 0 aliphatic carbocycles. The van der Waals surface area contributed by atoms with Crippen LogP contribution in [-0.4, -0.2) is 61.7 Å². The van der Waals surface area contributed by atoms with Crippen LogP contribution >= 0.6 is 11.6 Å². The molecule has 0 radical (unpaired) electrons. The number of amides is 3. The number of hydrogen-bond donors (Lipinski definition) is 2. The van der Waals surface area contributed by atoms with E-state index in [1.807, 2.05) is 4.90 Å². The number of halogens is 4. The van der Waals surface area contributed by atoms with Gasteiger partial charge in [0.05, 0.1) is 24.2 Å². The van der Waals surface area contributed by atoms with E-state index in [0.29, 0.717) is 44.0 Å². The Hall–Kier alpha value is -3.05. The summed E-state index contributed by atoms with van der Waals surface area (Å²) in [5.74, 6) is 0.440. The van der Waals surface area contributed by atoms with Crippen LogP contribution in [0, 0.1) is 0 Å². The molecule has 2 aromatic rings. The van der Waals surface area contributed by atoms with Crippen LogP contribution in [0.25, 0.3) is 0 Å².